The van der Waals surface area contributed by atoms with Crippen LogP contribution in [0.2, 0.25) is 0 Å². The minimum absolute atomic E-state index is 0. The van der Waals surface area contributed by atoms with Crippen molar-refractivity contribution in [2.75, 3.05) is 0 Å². The van der Waals surface area contributed by atoms with Gasteiger partial charge >= 0.3 is 29.6 Å². The maximum absolute atomic E-state index is 12.4. The van der Waals surface area contributed by atoms with E-state index in [1.54, 1.807) is 0 Å². The number of carbonyl (C=O) groups is 2. The first kappa shape index (κ1) is 18.0. The van der Waals surface area contributed by atoms with Crippen molar-refractivity contribution in [1.82, 2.24) is 10.6 Å². The van der Waals surface area contributed by atoms with E-state index in [-0.39, 0.29) is 46.5 Å². The van der Waals surface area contributed by atoms with Crippen molar-refractivity contribution in [3.8, 4) is 0 Å². The van der Waals surface area contributed by atoms with Gasteiger partial charge in [0.05, 0.1) is 0 Å². The summed E-state index contributed by atoms with van der Waals surface area (Å²) in [6.07, 6.45) is 4.35. The van der Waals surface area contributed by atoms with Crippen LogP contribution < -0.4 is 40.2 Å². The normalized spacial score (nSPS) is 17.1. The molecule has 0 aromatic heterocycles. The number of thiocarbonyl (C=S) groups is 1. The number of benzene rings is 1. The van der Waals surface area contributed by atoms with Crippen LogP contribution in [-0.2, 0) is 16.0 Å². The molecule has 1 fully saturated rings. The zero-order valence-corrected chi connectivity index (χ0v) is 15.0. The van der Waals surface area contributed by atoms with Crippen LogP contribution in [-0.4, -0.2) is 16.9 Å². The summed E-state index contributed by atoms with van der Waals surface area (Å²) < 4.78 is 0. The van der Waals surface area contributed by atoms with Crippen molar-refractivity contribution in [3.05, 3.63) is 48.0 Å². The van der Waals surface area contributed by atoms with E-state index >= 15 is 0 Å². The van der Waals surface area contributed by atoms with Gasteiger partial charge in [-0.3, -0.25) is 9.59 Å². The quantitative estimate of drug-likeness (QED) is 0.315. The van der Waals surface area contributed by atoms with Gasteiger partial charge in [0, 0.05) is 0 Å². The number of allylic oxidation sites excluding steroid dienone is 2. The molecule has 4 nitrogen and oxygen atoms in total. The third kappa shape index (κ3) is 4.01. The average Bonchev–Trinajstić information content (AvgIpc) is 2.42. The molecule has 0 bridgehead atoms. The van der Waals surface area contributed by atoms with Gasteiger partial charge in [-0.05, 0) is 37.5 Å². The summed E-state index contributed by atoms with van der Waals surface area (Å²) in [5.74, 6) is -0.679. The molecule has 2 rings (SSSR count). The summed E-state index contributed by atoms with van der Waals surface area (Å²) in [7, 11) is 0. The standard InChI is InChI=1S/C15H16N2O2S.Na/c1-2-3-9-15(10-11-7-5-4-6-8-11)12(18)16-14(20)17-13(15)19;/h2-8H,9-10H2,1H3,(H2,16,17,18,19,20);/q;+1/b3-2+;. The molecule has 6 heteroatoms. The Hall–Kier alpha value is -1.01. The molecule has 1 heterocycles. The predicted octanol–water partition coefficient (Wildman–Crippen LogP) is -1.28. The summed E-state index contributed by atoms with van der Waals surface area (Å²) in [6.45, 7) is 1.86. The van der Waals surface area contributed by atoms with Crippen LogP contribution in [0.4, 0.5) is 0 Å². The molecule has 21 heavy (non-hydrogen) atoms. The topological polar surface area (TPSA) is 58.2 Å². The fourth-order valence-corrected chi connectivity index (χ4v) is 2.45. The first-order valence-electron chi connectivity index (χ1n) is 6.40. The largest absolute Gasteiger partial charge is 1.00 e. The van der Waals surface area contributed by atoms with Gasteiger partial charge in [-0.25, -0.2) is 0 Å². The van der Waals surface area contributed by atoms with Crippen molar-refractivity contribution in [1.29, 1.82) is 0 Å². The number of hydrogen-bond acceptors (Lipinski definition) is 3. The third-order valence-corrected chi connectivity index (χ3v) is 3.58. The molecule has 1 aliphatic heterocycles. The van der Waals surface area contributed by atoms with Crippen molar-refractivity contribution in [3.63, 3.8) is 0 Å². The van der Waals surface area contributed by atoms with E-state index in [9.17, 15) is 9.59 Å². The molecule has 2 N–H and O–H groups in total. The molecule has 0 atom stereocenters. The van der Waals surface area contributed by atoms with E-state index in [0.717, 1.165) is 5.56 Å². The molecule has 0 aliphatic carbocycles. The first-order chi connectivity index (χ1) is 9.58. The summed E-state index contributed by atoms with van der Waals surface area (Å²) >= 11 is 4.86. The number of nitrogens with one attached hydrogen (secondary N) is 2. The van der Waals surface area contributed by atoms with Gasteiger partial charge in [0.2, 0.25) is 11.8 Å². The molecule has 1 aromatic carbocycles. The second-order valence-electron chi connectivity index (χ2n) is 4.76. The SMILES string of the molecule is C/C=C/CC1(Cc2ccccc2)C(=O)NC(=S)NC1=O.[Na+]. The molecule has 0 radical (unpaired) electrons. The van der Waals surface area contributed by atoms with Gasteiger partial charge in [-0.1, -0.05) is 42.5 Å². The summed E-state index contributed by atoms with van der Waals surface area (Å²) in [5, 5.41) is 5.19. The van der Waals surface area contributed by atoms with Gasteiger partial charge in [0.25, 0.3) is 0 Å². The van der Waals surface area contributed by atoms with Gasteiger partial charge in [-0.15, -0.1) is 0 Å². The number of carbonyl (C=O) groups excluding carboxylic acids is 2. The van der Waals surface area contributed by atoms with Crippen molar-refractivity contribution >= 4 is 29.1 Å². The van der Waals surface area contributed by atoms with Crippen LogP contribution in [0, 0.1) is 5.41 Å². The second kappa shape index (κ2) is 7.84. The fourth-order valence-electron chi connectivity index (χ4n) is 2.26. The maximum Gasteiger partial charge on any atom is 1.00 e. The van der Waals surface area contributed by atoms with Crippen LogP contribution in [0.15, 0.2) is 42.5 Å². The van der Waals surface area contributed by atoms with Crippen molar-refractivity contribution in [2.24, 2.45) is 5.41 Å². The fraction of sp³-hybridized carbons (Fsp3) is 0.267. The van der Waals surface area contributed by atoms with Crippen LogP contribution >= 0.6 is 12.2 Å². The molecule has 1 aromatic rings. The Morgan fingerprint density at radius 1 is 1.14 bits per heavy atom. The molecule has 2 amide bonds. The van der Waals surface area contributed by atoms with Gasteiger partial charge in [-0.2, -0.15) is 0 Å². The number of rotatable bonds is 4. The molecule has 0 unspecified atom stereocenters. The molecule has 104 valence electrons. The monoisotopic (exact) mass is 311 g/mol. The third-order valence-electron chi connectivity index (χ3n) is 3.37. The van der Waals surface area contributed by atoms with E-state index in [2.05, 4.69) is 10.6 Å². The summed E-state index contributed by atoms with van der Waals surface area (Å²) in [6, 6.07) is 9.50. The zero-order chi connectivity index (χ0) is 14.6. The minimum Gasteiger partial charge on any atom is -0.302 e. The van der Waals surface area contributed by atoms with E-state index < -0.39 is 5.41 Å². The molecule has 1 saturated heterocycles. The number of amides is 2. The average molecular weight is 311 g/mol. The van der Waals surface area contributed by atoms with Crippen LogP contribution in [0.5, 0.6) is 0 Å². The van der Waals surface area contributed by atoms with Crippen LogP contribution in [0.25, 0.3) is 0 Å². The van der Waals surface area contributed by atoms with Gasteiger partial charge < -0.3 is 10.6 Å². The van der Waals surface area contributed by atoms with Gasteiger partial charge in [0.1, 0.15) is 5.41 Å². The predicted molar refractivity (Wildman–Crippen MR) is 80.9 cm³/mol. The Morgan fingerprint density at radius 2 is 1.71 bits per heavy atom. The molecule has 1 aliphatic rings. The smallest absolute Gasteiger partial charge is 0.302 e. The van der Waals surface area contributed by atoms with Crippen LogP contribution in [0.1, 0.15) is 18.9 Å². The zero-order valence-electron chi connectivity index (χ0n) is 12.2. The number of hydrogen-bond donors (Lipinski definition) is 2. The Kier molecular flexibility index (Phi) is 6.74. The maximum atomic E-state index is 12.4. The minimum atomic E-state index is -1.14. The Morgan fingerprint density at radius 3 is 2.24 bits per heavy atom. The molecular weight excluding hydrogens is 295 g/mol. The Labute approximate surface area is 151 Å². The van der Waals surface area contributed by atoms with Crippen molar-refractivity contribution < 1.29 is 39.1 Å². The first-order valence-corrected chi connectivity index (χ1v) is 6.81. The summed E-state index contributed by atoms with van der Waals surface area (Å²) in [4.78, 5) is 24.7. The summed E-state index contributed by atoms with van der Waals surface area (Å²) in [5.41, 5.74) is -0.203. The Balaban J connectivity index is 0.00000220. The molecule has 0 spiro atoms. The molecular formula is C15H16N2NaO2S+. The van der Waals surface area contributed by atoms with E-state index in [0.29, 0.717) is 12.8 Å². The van der Waals surface area contributed by atoms with E-state index in [4.69, 9.17) is 12.2 Å². The van der Waals surface area contributed by atoms with Gasteiger partial charge in [0.15, 0.2) is 5.11 Å². The van der Waals surface area contributed by atoms with Crippen LogP contribution in [0.3, 0.4) is 0 Å². The Bertz CT molecular complexity index is 552. The van der Waals surface area contributed by atoms with Crippen molar-refractivity contribution in [2.45, 2.75) is 19.8 Å². The van der Waals surface area contributed by atoms with E-state index in [1.807, 2.05) is 49.4 Å². The second-order valence-corrected chi connectivity index (χ2v) is 5.16. The van der Waals surface area contributed by atoms with E-state index in [1.165, 1.54) is 0 Å². The molecule has 0 saturated carbocycles.